The summed E-state index contributed by atoms with van der Waals surface area (Å²) < 4.78 is 5.95. The van der Waals surface area contributed by atoms with Gasteiger partial charge in [-0.15, -0.1) is 0 Å². The minimum atomic E-state index is -1.03. The molecule has 7 N–H and O–H groups in total. The molecule has 4 aromatic carbocycles. The van der Waals surface area contributed by atoms with Crippen LogP contribution in [0.3, 0.4) is 0 Å². The largest absolute Gasteiger partial charge is 0.415 e. The van der Waals surface area contributed by atoms with Crippen molar-refractivity contribution in [2.24, 2.45) is 0 Å². The number of hydrogen-bond donors (Lipinski definition) is 7. The number of amides is 9. The van der Waals surface area contributed by atoms with Gasteiger partial charge < -0.3 is 51.4 Å². The second-order valence-electron chi connectivity index (χ2n) is 16.3. The van der Waals surface area contributed by atoms with Crippen molar-refractivity contribution in [1.29, 1.82) is 0 Å². The van der Waals surface area contributed by atoms with Gasteiger partial charge in [-0.3, -0.25) is 43.3 Å². The third-order valence-corrected chi connectivity index (χ3v) is 11.7. The number of imide groups is 1. The van der Waals surface area contributed by atoms with Gasteiger partial charge in [-0.2, -0.15) is 0 Å². The fourth-order valence-corrected chi connectivity index (χ4v) is 8.12. The lowest BCUT2D eigenvalue weighted by molar-refractivity contribution is -0.137. The zero-order chi connectivity index (χ0) is 47.9. The monoisotopic (exact) mass is 924 g/mol. The predicted molar refractivity (Wildman–Crippen MR) is 250 cm³/mol. The van der Waals surface area contributed by atoms with Gasteiger partial charge in [-0.25, -0.2) is 4.79 Å². The highest BCUT2D eigenvalue weighted by Gasteiger charge is 2.31. The molecule has 68 heavy (non-hydrogen) atoms. The molecule has 1 fully saturated rings. The van der Waals surface area contributed by atoms with Crippen molar-refractivity contribution in [3.63, 3.8) is 0 Å². The number of ether oxygens (including phenoxy) is 1. The Morgan fingerprint density at radius 2 is 1.46 bits per heavy atom. The molecule has 9 amide bonds. The number of nitrogens with one attached hydrogen (secondary N) is 7. The number of piperazine rings is 1. The third-order valence-electron chi connectivity index (χ3n) is 11.7. The molecule has 0 aliphatic carbocycles. The SMILES string of the molecule is C[C@H](NC(=O)CNC(=O)CCCN1C(=O)C=CC1=O)C(=O)NCC(=O)Nc1ccc(C(=O)Nc2ccc3[nH]c(C(=O)N4CCc5c4cc(OC(=O)N4CCNCC4)c4ccccc54)cc3c2)cc1. The lowest BCUT2D eigenvalue weighted by atomic mass is 10.0. The van der Waals surface area contributed by atoms with Crippen LogP contribution in [0, 0.1) is 0 Å². The van der Waals surface area contributed by atoms with E-state index >= 15 is 0 Å². The molecule has 0 radical (unpaired) electrons. The van der Waals surface area contributed by atoms with Gasteiger partial charge in [0.05, 0.1) is 18.8 Å². The Balaban J connectivity index is 0.795. The van der Waals surface area contributed by atoms with Crippen molar-refractivity contribution in [3.05, 3.63) is 108 Å². The third kappa shape index (κ3) is 10.7. The Bertz CT molecular complexity index is 2870. The van der Waals surface area contributed by atoms with E-state index in [1.807, 2.05) is 24.3 Å². The number of carbonyl (C=O) groups is 9. The molecule has 0 unspecified atom stereocenters. The maximum atomic E-state index is 14.1. The maximum Gasteiger partial charge on any atom is 0.415 e. The van der Waals surface area contributed by atoms with Gasteiger partial charge in [0.1, 0.15) is 17.5 Å². The van der Waals surface area contributed by atoms with Gasteiger partial charge in [0.2, 0.25) is 23.6 Å². The minimum absolute atomic E-state index is 0.0263. The van der Waals surface area contributed by atoms with E-state index in [2.05, 4.69) is 36.9 Å². The minimum Gasteiger partial charge on any atom is -0.409 e. The first-order valence-electron chi connectivity index (χ1n) is 22.1. The molecule has 3 aliphatic rings. The van der Waals surface area contributed by atoms with Crippen LogP contribution in [0.1, 0.15) is 46.2 Å². The first-order valence-corrected chi connectivity index (χ1v) is 22.1. The van der Waals surface area contributed by atoms with Crippen molar-refractivity contribution < 1.29 is 47.9 Å². The first kappa shape index (κ1) is 46.2. The summed E-state index contributed by atoms with van der Waals surface area (Å²) in [7, 11) is 0. The number of hydrogen-bond acceptors (Lipinski definition) is 11. The lowest BCUT2D eigenvalue weighted by Crippen LogP contribution is -2.49. The fraction of sp³-hybridized carbons (Fsp3) is 0.271. The Labute approximate surface area is 388 Å². The van der Waals surface area contributed by atoms with Crippen molar-refractivity contribution in [2.75, 3.05) is 67.9 Å². The van der Waals surface area contributed by atoms with E-state index in [9.17, 15) is 43.2 Å². The topological polar surface area (TPSA) is 261 Å². The molecule has 1 saturated heterocycles. The molecule has 3 aliphatic heterocycles. The summed E-state index contributed by atoms with van der Waals surface area (Å²) in [6.07, 6.45) is 2.69. The Morgan fingerprint density at radius 3 is 2.21 bits per heavy atom. The number of aromatic nitrogens is 1. The second kappa shape index (κ2) is 20.4. The molecule has 1 aromatic heterocycles. The standard InChI is InChI=1S/C48H48N10O10/c1-28(52-41(60)26-50-40(59)7-4-19-58-43(62)14-15-44(58)63)45(64)51-27-42(61)53-31-10-8-29(9-11-31)46(65)54-32-12-13-36-30(23-32)24-37(55-36)47(66)57-20-16-34-33-5-2-3-6-35(33)39(25-38(34)57)68-48(67)56-21-17-49-18-22-56/h2-3,5-6,8-15,23-25,28,49,55H,4,7,16-22,26-27H2,1H3,(H,50,59)(H,51,64)(H,52,60)(H,53,61)(H,54,65)/t28-/m0/s1. The highest BCUT2D eigenvalue weighted by Crippen LogP contribution is 2.41. The van der Waals surface area contributed by atoms with E-state index in [0.29, 0.717) is 84.1 Å². The van der Waals surface area contributed by atoms with Crippen LogP contribution < -0.4 is 41.5 Å². The molecule has 0 saturated carbocycles. The summed E-state index contributed by atoms with van der Waals surface area (Å²) in [5.74, 6) is -3.50. The molecule has 350 valence electrons. The molecule has 8 rings (SSSR count). The molecule has 20 nitrogen and oxygen atoms in total. The molecule has 0 spiro atoms. The van der Waals surface area contributed by atoms with Gasteiger partial charge in [0.15, 0.2) is 0 Å². The number of anilines is 3. The van der Waals surface area contributed by atoms with Crippen molar-refractivity contribution in [1.82, 2.24) is 36.1 Å². The van der Waals surface area contributed by atoms with Gasteiger partial charge in [-0.05, 0) is 79.2 Å². The van der Waals surface area contributed by atoms with Gasteiger partial charge in [-0.1, -0.05) is 24.3 Å². The molecular weight excluding hydrogens is 877 g/mol. The van der Waals surface area contributed by atoms with E-state index in [-0.39, 0.29) is 25.3 Å². The fourth-order valence-electron chi connectivity index (χ4n) is 8.12. The highest BCUT2D eigenvalue weighted by atomic mass is 16.6. The average molecular weight is 925 g/mol. The van der Waals surface area contributed by atoms with Crippen LogP contribution >= 0.6 is 0 Å². The highest BCUT2D eigenvalue weighted by molar-refractivity contribution is 6.13. The zero-order valence-electron chi connectivity index (χ0n) is 36.9. The van der Waals surface area contributed by atoms with Crippen LogP contribution in [0.4, 0.5) is 21.9 Å². The van der Waals surface area contributed by atoms with Crippen LogP contribution in [0.2, 0.25) is 0 Å². The Kier molecular flexibility index (Phi) is 13.9. The average Bonchev–Trinajstić information content (AvgIpc) is 4.06. The number of H-pyrrole nitrogens is 1. The summed E-state index contributed by atoms with van der Waals surface area (Å²) >= 11 is 0. The van der Waals surface area contributed by atoms with Crippen LogP contribution in [-0.4, -0.2) is 127 Å². The van der Waals surface area contributed by atoms with Crippen molar-refractivity contribution >= 4 is 92.1 Å². The summed E-state index contributed by atoms with van der Waals surface area (Å²) in [5.41, 5.74) is 3.86. The maximum absolute atomic E-state index is 14.1. The predicted octanol–water partition coefficient (Wildman–Crippen LogP) is 2.56. The molecule has 20 heteroatoms. The van der Waals surface area contributed by atoms with E-state index in [1.54, 1.807) is 40.1 Å². The molecule has 5 aromatic rings. The Hall–Kier alpha value is -8.39. The molecule has 0 bridgehead atoms. The molecule has 4 heterocycles. The van der Waals surface area contributed by atoms with E-state index in [4.69, 9.17) is 4.74 Å². The van der Waals surface area contributed by atoms with E-state index < -0.39 is 66.6 Å². The van der Waals surface area contributed by atoms with Crippen molar-refractivity contribution in [2.45, 2.75) is 32.2 Å². The van der Waals surface area contributed by atoms with Crippen LogP contribution in [0.25, 0.3) is 21.7 Å². The van der Waals surface area contributed by atoms with Crippen LogP contribution in [0.5, 0.6) is 5.75 Å². The molecule has 1 atom stereocenters. The number of benzene rings is 4. The van der Waals surface area contributed by atoms with E-state index in [0.717, 1.165) is 33.4 Å². The molecular formula is C48H48N10O10. The first-order chi connectivity index (χ1) is 32.8. The van der Waals surface area contributed by atoms with Crippen molar-refractivity contribution in [3.8, 4) is 5.75 Å². The summed E-state index contributed by atoms with van der Waals surface area (Å²) in [4.78, 5) is 121. The zero-order valence-corrected chi connectivity index (χ0v) is 36.9. The van der Waals surface area contributed by atoms with Gasteiger partial charge in [0, 0.05) is 97.1 Å². The smallest absolute Gasteiger partial charge is 0.409 e. The normalized spacial score (nSPS) is 14.7. The number of carbonyl (C=O) groups excluding carboxylic acids is 9. The number of rotatable bonds is 15. The van der Waals surface area contributed by atoms with Gasteiger partial charge in [0.25, 0.3) is 23.6 Å². The van der Waals surface area contributed by atoms with Gasteiger partial charge >= 0.3 is 6.09 Å². The van der Waals surface area contributed by atoms with Crippen LogP contribution in [-0.2, 0) is 35.2 Å². The summed E-state index contributed by atoms with van der Waals surface area (Å²) in [6, 6.07) is 21.5. The quantitative estimate of drug-likeness (QED) is 0.0751. The second-order valence-corrected chi connectivity index (χ2v) is 16.3. The lowest BCUT2D eigenvalue weighted by Gasteiger charge is -2.27. The summed E-state index contributed by atoms with van der Waals surface area (Å²) in [5, 5.41) is 18.4. The number of nitrogens with zero attached hydrogens (tertiary/aromatic N) is 3. The summed E-state index contributed by atoms with van der Waals surface area (Å²) in [6.45, 7) is 3.55. The number of aromatic amines is 1. The number of fused-ring (bicyclic) bond motifs is 4. The van der Waals surface area contributed by atoms with Crippen LogP contribution in [0.15, 0.2) is 91.0 Å². The Morgan fingerprint density at radius 1 is 0.750 bits per heavy atom. The van der Waals surface area contributed by atoms with E-state index in [1.165, 1.54) is 31.2 Å².